The third kappa shape index (κ3) is 1.96. The third-order valence-electron chi connectivity index (χ3n) is 4.59. The first-order valence-corrected chi connectivity index (χ1v) is 7.07. The second-order valence-corrected chi connectivity index (χ2v) is 5.78. The van der Waals surface area contributed by atoms with E-state index in [-0.39, 0.29) is 5.92 Å². The Labute approximate surface area is 113 Å². The SMILES string of the molecule is CCOC(=O)C(O)[C@H]1c2ccc(C)cc2C2CC1C2. The van der Waals surface area contributed by atoms with Gasteiger partial charge in [-0.25, -0.2) is 4.79 Å². The highest BCUT2D eigenvalue weighted by molar-refractivity contribution is 5.76. The van der Waals surface area contributed by atoms with Gasteiger partial charge in [-0.3, -0.25) is 0 Å². The zero-order chi connectivity index (χ0) is 13.6. The van der Waals surface area contributed by atoms with Crippen LogP contribution in [-0.2, 0) is 9.53 Å². The van der Waals surface area contributed by atoms with Gasteiger partial charge >= 0.3 is 5.97 Å². The highest BCUT2D eigenvalue weighted by Crippen LogP contribution is 2.56. The molecule has 0 radical (unpaired) electrons. The zero-order valence-corrected chi connectivity index (χ0v) is 11.4. The van der Waals surface area contributed by atoms with Crippen molar-refractivity contribution < 1.29 is 14.6 Å². The molecule has 3 heteroatoms. The molecule has 102 valence electrons. The number of hydrogen-bond donors (Lipinski definition) is 1. The smallest absolute Gasteiger partial charge is 0.335 e. The summed E-state index contributed by atoms with van der Waals surface area (Å²) in [6.07, 6.45) is 1.17. The van der Waals surface area contributed by atoms with Gasteiger partial charge in [0.1, 0.15) is 0 Å². The number of ether oxygens (including phenoxy) is 1. The third-order valence-corrected chi connectivity index (χ3v) is 4.59. The number of aryl methyl sites for hydroxylation is 1. The van der Waals surface area contributed by atoms with Crippen molar-refractivity contribution in [3.63, 3.8) is 0 Å². The van der Waals surface area contributed by atoms with Crippen LogP contribution in [0.15, 0.2) is 18.2 Å². The number of aliphatic hydroxyl groups excluding tert-OH is 1. The molecule has 0 aliphatic heterocycles. The lowest BCUT2D eigenvalue weighted by molar-refractivity contribution is -0.156. The summed E-state index contributed by atoms with van der Waals surface area (Å²) in [5.74, 6) is 0.495. The molecule has 0 amide bonds. The summed E-state index contributed by atoms with van der Waals surface area (Å²) in [6, 6.07) is 6.35. The van der Waals surface area contributed by atoms with E-state index in [2.05, 4.69) is 25.1 Å². The topological polar surface area (TPSA) is 46.5 Å². The minimum Gasteiger partial charge on any atom is -0.464 e. The van der Waals surface area contributed by atoms with Gasteiger partial charge in [-0.05, 0) is 49.7 Å². The minimum absolute atomic E-state index is 0.0837. The molecule has 0 aromatic heterocycles. The van der Waals surface area contributed by atoms with Crippen molar-refractivity contribution in [2.45, 2.75) is 44.6 Å². The molecule has 0 heterocycles. The maximum atomic E-state index is 11.8. The second kappa shape index (κ2) is 4.64. The molecule has 1 aromatic carbocycles. The Bertz CT molecular complexity index is 503. The van der Waals surface area contributed by atoms with E-state index in [0.717, 1.165) is 18.4 Å². The Kier molecular flexibility index (Phi) is 3.09. The standard InChI is InChI=1S/C16H20O3/c1-3-19-16(18)15(17)14-11-7-10(8-11)13-6-9(2)4-5-12(13)14/h4-6,10-11,14-15,17H,3,7-8H2,1-2H3/t10?,11?,14-,15?/m1/s1. The summed E-state index contributed by atoms with van der Waals surface area (Å²) >= 11 is 0. The molecule has 0 spiro atoms. The van der Waals surface area contributed by atoms with Gasteiger partial charge in [0.25, 0.3) is 0 Å². The molecule has 1 N–H and O–H groups in total. The van der Waals surface area contributed by atoms with Crippen LogP contribution in [0.4, 0.5) is 0 Å². The van der Waals surface area contributed by atoms with E-state index in [1.54, 1.807) is 6.92 Å². The number of benzene rings is 1. The van der Waals surface area contributed by atoms with Crippen molar-refractivity contribution in [1.82, 2.24) is 0 Å². The molecule has 19 heavy (non-hydrogen) atoms. The van der Waals surface area contributed by atoms with Crippen molar-refractivity contribution in [2.24, 2.45) is 5.92 Å². The minimum atomic E-state index is -1.02. The van der Waals surface area contributed by atoms with Gasteiger partial charge < -0.3 is 9.84 Å². The van der Waals surface area contributed by atoms with Crippen molar-refractivity contribution in [3.05, 3.63) is 34.9 Å². The van der Waals surface area contributed by atoms with Crippen molar-refractivity contribution >= 4 is 5.97 Å². The van der Waals surface area contributed by atoms with Crippen LogP contribution in [0.5, 0.6) is 0 Å². The number of carbonyl (C=O) groups excluding carboxylic acids is 1. The number of rotatable bonds is 3. The molecule has 2 bridgehead atoms. The van der Waals surface area contributed by atoms with Gasteiger partial charge in [0.2, 0.25) is 0 Å². The van der Waals surface area contributed by atoms with Crippen LogP contribution in [0.1, 0.15) is 48.3 Å². The molecular formula is C16H20O3. The molecule has 1 aromatic rings. The Hall–Kier alpha value is -1.35. The molecule has 1 saturated carbocycles. The van der Waals surface area contributed by atoms with E-state index in [1.807, 2.05) is 0 Å². The lowest BCUT2D eigenvalue weighted by Crippen LogP contribution is -2.43. The van der Waals surface area contributed by atoms with Crippen LogP contribution < -0.4 is 0 Å². The highest BCUT2D eigenvalue weighted by atomic mass is 16.5. The molecule has 3 aliphatic carbocycles. The van der Waals surface area contributed by atoms with Gasteiger partial charge in [0, 0.05) is 5.92 Å². The van der Waals surface area contributed by atoms with Gasteiger partial charge in [-0.2, -0.15) is 0 Å². The lowest BCUT2D eigenvalue weighted by Gasteiger charge is -2.49. The molecule has 1 fully saturated rings. The van der Waals surface area contributed by atoms with Crippen molar-refractivity contribution in [1.29, 1.82) is 0 Å². The molecule has 3 nitrogen and oxygen atoms in total. The summed E-state index contributed by atoms with van der Waals surface area (Å²) in [5.41, 5.74) is 3.72. The van der Waals surface area contributed by atoms with Crippen LogP contribution >= 0.6 is 0 Å². The second-order valence-electron chi connectivity index (χ2n) is 5.78. The number of aliphatic hydroxyl groups is 1. The summed E-state index contributed by atoms with van der Waals surface area (Å²) in [6.45, 7) is 4.17. The van der Waals surface area contributed by atoms with Crippen LogP contribution in [0.25, 0.3) is 0 Å². The predicted octanol–water partition coefficient (Wildman–Crippen LogP) is 2.51. The fraction of sp³-hybridized carbons (Fsp3) is 0.562. The average Bonchev–Trinajstić information content (AvgIpc) is 2.35. The number of esters is 1. The normalized spacial score (nSPS) is 29.1. The largest absolute Gasteiger partial charge is 0.464 e. The maximum Gasteiger partial charge on any atom is 0.335 e. The zero-order valence-electron chi connectivity index (χ0n) is 11.4. The van der Waals surface area contributed by atoms with Gasteiger partial charge in [0.15, 0.2) is 6.10 Å². The molecule has 0 saturated heterocycles. The highest BCUT2D eigenvalue weighted by Gasteiger charge is 2.48. The van der Waals surface area contributed by atoms with E-state index in [1.165, 1.54) is 11.1 Å². The number of hydrogen-bond acceptors (Lipinski definition) is 3. The van der Waals surface area contributed by atoms with E-state index < -0.39 is 12.1 Å². The monoisotopic (exact) mass is 260 g/mol. The fourth-order valence-corrected chi connectivity index (χ4v) is 3.62. The fourth-order valence-electron chi connectivity index (χ4n) is 3.62. The van der Waals surface area contributed by atoms with E-state index in [4.69, 9.17) is 4.74 Å². The summed E-state index contributed by atoms with van der Waals surface area (Å²) in [4.78, 5) is 11.8. The Morgan fingerprint density at radius 2 is 2.16 bits per heavy atom. The molecule has 4 rings (SSSR count). The lowest BCUT2D eigenvalue weighted by atomic mass is 9.56. The quantitative estimate of drug-likeness (QED) is 0.849. The van der Waals surface area contributed by atoms with Crippen molar-refractivity contribution in [3.8, 4) is 0 Å². The van der Waals surface area contributed by atoms with Crippen LogP contribution in [0.2, 0.25) is 0 Å². The average molecular weight is 260 g/mol. The van der Waals surface area contributed by atoms with Crippen LogP contribution in [0, 0.1) is 12.8 Å². The van der Waals surface area contributed by atoms with Gasteiger partial charge in [-0.1, -0.05) is 23.8 Å². The van der Waals surface area contributed by atoms with E-state index >= 15 is 0 Å². The first kappa shape index (κ1) is 12.7. The number of carbonyl (C=O) groups is 1. The van der Waals surface area contributed by atoms with E-state index in [9.17, 15) is 9.90 Å². The van der Waals surface area contributed by atoms with Gasteiger partial charge in [0.05, 0.1) is 6.61 Å². The summed E-state index contributed by atoms with van der Waals surface area (Å²) < 4.78 is 4.97. The maximum absolute atomic E-state index is 11.8. The first-order valence-electron chi connectivity index (χ1n) is 7.07. The molecule has 3 aliphatic rings. The first-order chi connectivity index (χ1) is 9.11. The Morgan fingerprint density at radius 1 is 1.42 bits per heavy atom. The Balaban J connectivity index is 1.94. The van der Waals surface area contributed by atoms with E-state index in [0.29, 0.717) is 18.4 Å². The van der Waals surface area contributed by atoms with Crippen molar-refractivity contribution in [2.75, 3.05) is 6.61 Å². The van der Waals surface area contributed by atoms with Crippen LogP contribution in [0.3, 0.4) is 0 Å². The molecular weight excluding hydrogens is 240 g/mol. The molecule has 2 atom stereocenters. The summed E-state index contributed by atoms with van der Waals surface area (Å²) in [5, 5.41) is 10.3. The van der Waals surface area contributed by atoms with Crippen LogP contribution in [-0.4, -0.2) is 23.8 Å². The predicted molar refractivity (Wildman–Crippen MR) is 72.0 cm³/mol. The Morgan fingerprint density at radius 3 is 2.84 bits per heavy atom. The summed E-state index contributed by atoms with van der Waals surface area (Å²) in [7, 11) is 0. The van der Waals surface area contributed by atoms with Gasteiger partial charge in [-0.15, -0.1) is 0 Å². The molecule has 1 unspecified atom stereocenters.